The Morgan fingerprint density at radius 1 is 1.07 bits per heavy atom. The van der Waals surface area contributed by atoms with Crippen molar-refractivity contribution in [2.75, 3.05) is 6.61 Å². The third-order valence-electron chi connectivity index (χ3n) is 4.33. The third-order valence-corrected chi connectivity index (χ3v) is 4.33. The Hall–Kier alpha value is -2.44. The van der Waals surface area contributed by atoms with E-state index in [1.54, 1.807) is 0 Å². The first-order chi connectivity index (χ1) is 13.0. The van der Waals surface area contributed by atoms with Gasteiger partial charge in [0.25, 0.3) is 5.91 Å². The van der Waals surface area contributed by atoms with Gasteiger partial charge in [0.1, 0.15) is 5.75 Å². The van der Waals surface area contributed by atoms with Crippen LogP contribution in [0.3, 0.4) is 0 Å². The van der Waals surface area contributed by atoms with E-state index in [2.05, 4.69) is 10.1 Å². The third kappa shape index (κ3) is 8.66. The largest absolute Gasteiger partial charge is 0.452 e. The van der Waals surface area contributed by atoms with Gasteiger partial charge in [-0.1, -0.05) is 44.2 Å². The zero-order valence-electron chi connectivity index (χ0n) is 15.2. The van der Waals surface area contributed by atoms with Crippen molar-refractivity contribution in [3.05, 3.63) is 35.9 Å². The summed E-state index contributed by atoms with van der Waals surface area (Å²) in [4.78, 5) is 23.6. The van der Waals surface area contributed by atoms with Crippen molar-refractivity contribution < 1.29 is 27.8 Å². The number of rotatable bonds is 7. The van der Waals surface area contributed by atoms with Crippen LogP contribution in [0.4, 0.5) is 8.78 Å². The van der Waals surface area contributed by atoms with Crippen LogP contribution in [0.5, 0.6) is 5.75 Å². The summed E-state index contributed by atoms with van der Waals surface area (Å²) in [6.07, 6.45) is 10.4. The Morgan fingerprint density at radius 3 is 2.33 bits per heavy atom. The highest BCUT2D eigenvalue weighted by molar-refractivity contribution is 5.89. The van der Waals surface area contributed by atoms with Crippen LogP contribution in [0.15, 0.2) is 30.3 Å². The first-order valence-electron chi connectivity index (χ1n) is 9.22. The molecule has 1 saturated carbocycles. The number of ether oxygens (including phenoxy) is 2. The van der Waals surface area contributed by atoms with Crippen LogP contribution in [-0.4, -0.2) is 31.1 Å². The van der Waals surface area contributed by atoms with E-state index in [0.29, 0.717) is 5.56 Å². The number of alkyl halides is 2. The van der Waals surface area contributed by atoms with Gasteiger partial charge in [0.05, 0.1) is 0 Å². The van der Waals surface area contributed by atoms with Crippen molar-refractivity contribution in [1.82, 2.24) is 5.32 Å². The summed E-state index contributed by atoms with van der Waals surface area (Å²) in [7, 11) is 0. The van der Waals surface area contributed by atoms with Gasteiger partial charge in [-0.3, -0.25) is 4.79 Å². The van der Waals surface area contributed by atoms with Crippen molar-refractivity contribution in [2.24, 2.45) is 0 Å². The van der Waals surface area contributed by atoms with Crippen LogP contribution in [0.1, 0.15) is 50.5 Å². The molecule has 0 atom stereocenters. The molecule has 27 heavy (non-hydrogen) atoms. The molecule has 1 aromatic carbocycles. The van der Waals surface area contributed by atoms with Crippen molar-refractivity contribution in [1.29, 1.82) is 0 Å². The van der Waals surface area contributed by atoms with Gasteiger partial charge >= 0.3 is 12.6 Å². The average Bonchev–Trinajstić information content (AvgIpc) is 2.61. The molecule has 1 fully saturated rings. The number of halogens is 2. The monoisotopic (exact) mass is 381 g/mol. The maximum absolute atomic E-state index is 12.1. The molecule has 1 aliphatic carbocycles. The SMILES string of the molecule is O=C(COC(=O)/C=C/c1ccc(OC(F)F)cc1)NC1CCCCCCC1. The van der Waals surface area contributed by atoms with E-state index in [1.807, 2.05) is 0 Å². The van der Waals surface area contributed by atoms with Gasteiger partial charge in [-0.05, 0) is 36.6 Å². The van der Waals surface area contributed by atoms with E-state index >= 15 is 0 Å². The number of amides is 1. The second-order valence-corrected chi connectivity index (χ2v) is 6.50. The number of nitrogens with one attached hydrogen (secondary N) is 1. The molecule has 0 aromatic heterocycles. The number of carbonyl (C=O) groups is 2. The highest BCUT2D eigenvalue weighted by atomic mass is 19.3. The minimum atomic E-state index is -2.88. The molecule has 2 rings (SSSR count). The normalized spacial score (nSPS) is 16.0. The summed E-state index contributed by atoms with van der Waals surface area (Å²) in [6, 6.07) is 5.96. The van der Waals surface area contributed by atoms with E-state index in [0.717, 1.165) is 25.7 Å². The zero-order chi connectivity index (χ0) is 19.5. The molecule has 0 heterocycles. The van der Waals surface area contributed by atoms with Gasteiger partial charge in [-0.2, -0.15) is 8.78 Å². The molecule has 5 nitrogen and oxygen atoms in total. The number of hydrogen-bond acceptors (Lipinski definition) is 4. The lowest BCUT2D eigenvalue weighted by molar-refractivity contribution is -0.144. The van der Waals surface area contributed by atoms with Gasteiger partial charge in [0, 0.05) is 12.1 Å². The Labute approximate surface area is 157 Å². The predicted molar refractivity (Wildman–Crippen MR) is 97.3 cm³/mol. The number of esters is 1. The van der Waals surface area contributed by atoms with E-state index < -0.39 is 12.6 Å². The van der Waals surface area contributed by atoms with E-state index in [9.17, 15) is 18.4 Å². The van der Waals surface area contributed by atoms with Crippen LogP contribution in [0.25, 0.3) is 6.08 Å². The summed E-state index contributed by atoms with van der Waals surface area (Å²) < 4.78 is 33.3. The standard InChI is InChI=1S/C20H25F2NO4/c21-20(22)27-17-11-8-15(9-12-17)10-13-19(25)26-14-18(24)23-16-6-4-2-1-3-5-7-16/h8-13,16,20H,1-7,14H2,(H,23,24)/b13-10+. The molecule has 0 radical (unpaired) electrons. The van der Waals surface area contributed by atoms with E-state index in [4.69, 9.17) is 4.74 Å². The van der Waals surface area contributed by atoms with Crippen LogP contribution < -0.4 is 10.1 Å². The number of carbonyl (C=O) groups excluding carboxylic acids is 2. The first kappa shape index (κ1) is 20.9. The molecule has 0 saturated heterocycles. The predicted octanol–water partition coefficient (Wildman–Crippen LogP) is 4.07. The zero-order valence-corrected chi connectivity index (χ0v) is 15.2. The van der Waals surface area contributed by atoms with Gasteiger partial charge < -0.3 is 14.8 Å². The van der Waals surface area contributed by atoms with Crippen molar-refractivity contribution in [3.63, 3.8) is 0 Å². The Bertz CT molecular complexity index is 623. The number of benzene rings is 1. The number of hydrogen-bond donors (Lipinski definition) is 1. The average molecular weight is 381 g/mol. The van der Waals surface area contributed by atoms with Gasteiger partial charge in [0.15, 0.2) is 6.61 Å². The molecule has 148 valence electrons. The minimum Gasteiger partial charge on any atom is -0.452 e. The lowest BCUT2D eigenvalue weighted by Crippen LogP contribution is -2.37. The van der Waals surface area contributed by atoms with Crippen molar-refractivity contribution in [2.45, 2.75) is 57.6 Å². The maximum atomic E-state index is 12.1. The van der Waals surface area contributed by atoms with Crippen molar-refractivity contribution in [3.8, 4) is 5.75 Å². The summed E-state index contributed by atoms with van der Waals surface area (Å²) in [5, 5.41) is 2.92. The Balaban J connectivity index is 1.71. The fraction of sp³-hybridized carbons (Fsp3) is 0.500. The quantitative estimate of drug-likeness (QED) is 0.571. The molecule has 1 amide bonds. The lowest BCUT2D eigenvalue weighted by Gasteiger charge is -2.20. The first-order valence-corrected chi connectivity index (χ1v) is 9.22. The maximum Gasteiger partial charge on any atom is 0.387 e. The van der Waals surface area contributed by atoms with Crippen LogP contribution in [0, 0.1) is 0 Å². The fourth-order valence-corrected chi connectivity index (χ4v) is 2.98. The molecule has 0 spiro atoms. The second kappa shape index (κ2) is 11.3. The van der Waals surface area contributed by atoms with Crippen LogP contribution >= 0.6 is 0 Å². The highest BCUT2D eigenvalue weighted by Crippen LogP contribution is 2.17. The summed E-state index contributed by atoms with van der Waals surface area (Å²) in [6.45, 7) is -3.20. The fourth-order valence-electron chi connectivity index (χ4n) is 2.98. The molecule has 0 bridgehead atoms. The highest BCUT2D eigenvalue weighted by Gasteiger charge is 2.14. The summed E-state index contributed by atoms with van der Waals surface area (Å²) >= 11 is 0. The topological polar surface area (TPSA) is 64.6 Å². The van der Waals surface area contributed by atoms with Gasteiger partial charge in [0.2, 0.25) is 0 Å². The van der Waals surface area contributed by atoms with E-state index in [-0.39, 0.29) is 24.3 Å². The Kier molecular flexibility index (Phi) is 8.74. The second-order valence-electron chi connectivity index (χ2n) is 6.50. The van der Waals surface area contributed by atoms with Crippen molar-refractivity contribution >= 4 is 18.0 Å². The summed E-state index contributed by atoms with van der Waals surface area (Å²) in [5.41, 5.74) is 0.618. The van der Waals surface area contributed by atoms with Gasteiger partial charge in [-0.15, -0.1) is 0 Å². The molecular weight excluding hydrogens is 356 g/mol. The molecule has 1 aromatic rings. The smallest absolute Gasteiger partial charge is 0.387 e. The van der Waals surface area contributed by atoms with Gasteiger partial charge in [-0.25, -0.2) is 4.79 Å². The van der Waals surface area contributed by atoms with Crippen LogP contribution in [0.2, 0.25) is 0 Å². The molecule has 7 heteroatoms. The summed E-state index contributed by atoms with van der Waals surface area (Å²) in [5.74, 6) is -0.901. The molecule has 0 unspecified atom stereocenters. The minimum absolute atomic E-state index is 0.0376. The molecule has 1 N–H and O–H groups in total. The van der Waals surface area contributed by atoms with Crippen LogP contribution in [-0.2, 0) is 14.3 Å². The Morgan fingerprint density at radius 2 is 1.70 bits per heavy atom. The van der Waals surface area contributed by atoms with E-state index in [1.165, 1.54) is 55.7 Å². The molecule has 1 aliphatic rings. The molecule has 0 aliphatic heterocycles. The lowest BCUT2D eigenvalue weighted by atomic mass is 9.97. The molecular formula is C20H25F2NO4.